The molecule has 1 atom stereocenters. The number of nitrogens with one attached hydrogen (secondary N) is 1. The highest BCUT2D eigenvalue weighted by Gasteiger charge is 2.33. The number of hydrogen-bond acceptors (Lipinski definition) is 6. The number of benzene rings is 1. The van der Waals surface area contributed by atoms with Crippen LogP contribution >= 0.6 is 11.3 Å². The van der Waals surface area contributed by atoms with Gasteiger partial charge in [-0.1, -0.05) is 12.1 Å². The molecule has 0 amide bonds. The van der Waals surface area contributed by atoms with Crippen LogP contribution < -0.4 is 5.32 Å². The zero-order valence-electron chi connectivity index (χ0n) is 16.0. The van der Waals surface area contributed by atoms with Gasteiger partial charge in [-0.2, -0.15) is 0 Å². The molecule has 0 spiro atoms. The number of methoxy groups -OCH3 is 1. The number of thiophene rings is 1. The van der Waals surface area contributed by atoms with Gasteiger partial charge in [-0.05, 0) is 42.8 Å². The number of nitrogens with zero attached hydrogens (tertiary/aromatic N) is 3. The third-order valence-corrected chi connectivity index (χ3v) is 6.40. The molecule has 0 aliphatic carbocycles. The Morgan fingerprint density at radius 1 is 1.21 bits per heavy atom. The van der Waals surface area contributed by atoms with Crippen molar-refractivity contribution < 1.29 is 9.15 Å². The fourth-order valence-electron chi connectivity index (χ4n) is 4.19. The number of rotatable bonds is 3. The van der Waals surface area contributed by atoms with E-state index in [2.05, 4.69) is 22.0 Å². The molecule has 7 heteroatoms. The molecule has 0 fully saturated rings. The van der Waals surface area contributed by atoms with E-state index in [9.17, 15) is 0 Å². The van der Waals surface area contributed by atoms with Gasteiger partial charge >= 0.3 is 0 Å². The van der Waals surface area contributed by atoms with Crippen molar-refractivity contribution in [3.05, 3.63) is 65.7 Å². The first kappa shape index (κ1) is 16.8. The number of furan rings is 1. The van der Waals surface area contributed by atoms with Gasteiger partial charge < -0.3 is 14.5 Å². The van der Waals surface area contributed by atoms with E-state index in [1.54, 1.807) is 24.7 Å². The molecule has 6 nitrogen and oxygen atoms in total. The van der Waals surface area contributed by atoms with Crippen molar-refractivity contribution in [1.29, 1.82) is 0 Å². The number of para-hydroxylation sites is 2. The Morgan fingerprint density at radius 2 is 2.10 bits per heavy atom. The standard InChI is InChI=1S/C22H18N4O2S/c1-12-10-13(11-27-2)17-18-19(29-22(17)23-12)21-24-14-6-3-4-7-15(14)26(21)20(25-18)16-8-5-9-28-16/h3-10,20,25H,11H2,1-2H3/t20-/m1/s1. The lowest BCUT2D eigenvalue weighted by Crippen LogP contribution is -2.23. The summed E-state index contributed by atoms with van der Waals surface area (Å²) in [5.41, 5.74) is 5.20. The minimum Gasteiger partial charge on any atom is -0.465 e. The normalized spacial score (nSPS) is 15.4. The molecule has 1 aliphatic heterocycles. The zero-order valence-corrected chi connectivity index (χ0v) is 16.8. The first-order valence-corrected chi connectivity index (χ1v) is 10.3. The summed E-state index contributed by atoms with van der Waals surface area (Å²) >= 11 is 1.67. The van der Waals surface area contributed by atoms with E-state index < -0.39 is 0 Å². The van der Waals surface area contributed by atoms with E-state index in [1.807, 2.05) is 37.3 Å². The molecule has 4 aromatic heterocycles. The molecular weight excluding hydrogens is 384 g/mol. The maximum Gasteiger partial charge on any atom is 0.165 e. The molecule has 1 N–H and O–H groups in total. The molecule has 1 aromatic carbocycles. The lowest BCUT2D eigenvalue weighted by atomic mass is 10.1. The van der Waals surface area contributed by atoms with Gasteiger partial charge in [0.15, 0.2) is 12.0 Å². The second kappa shape index (κ2) is 6.17. The van der Waals surface area contributed by atoms with E-state index in [4.69, 9.17) is 19.1 Å². The molecule has 144 valence electrons. The molecular formula is C22H18N4O2S. The predicted molar refractivity (Wildman–Crippen MR) is 114 cm³/mol. The van der Waals surface area contributed by atoms with Crippen molar-refractivity contribution in [3.8, 4) is 10.7 Å². The summed E-state index contributed by atoms with van der Waals surface area (Å²) in [6, 6.07) is 14.2. The Labute approximate surface area is 170 Å². The van der Waals surface area contributed by atoms with Crippen LogP contribution in [0.5, 0.6) is 0 Å². The van der Waals surface area contributed by atoms with E-state index in [0.29, 0.717) is 6.61 Å². The van der Waals surface area contributed by atoms with Gasteiger partial charge in [0, 0.05) is 18.2 Å². The number of anilines is 1. The van der Waals surface area contributed by atoms with Crippen molar-refractivity contribution in [1.82, 2.24) is 14.5 Å². The number of aromatic nitrogens is 3. The number of pyridine rings is 1. The molecule has 0 saturated heterocycles. The van der Waals surface area contributed by atoms with Gasteiger partial charge in [0.05, 0.1) is 34.5 Å². The van der Waals surface area contributed by atoms with Gasteiger partial charge in [-0.3, -0.25) is 4.57 Å². The van der Waals surface area contributed by atoms with Gasteiger partial charge in [0.2, 0.25) is 0 Å². The summed E-state index contributed by atoms with van der Waals surface area (Å²) in [4.78, 5) is 11.9. The van der Waals surface area contributed by atoms with Crippen molar-refractivity contribution >= 4 is 38.3 Å². The summed E-state index contributed by atoms with van der Waals surface area (Å²) in [5.74, 6) is 1.78. The smallest absolute Gasteiger partial charge is 0.165 e. The summed E-state index contributed by atoms with van der Waals surface area (Å²) in [5, 5.41) is 4.82. The third-order valence-electron chi connectivity index (χ3n) is 5.32. The van der Waals surface area contributed by atoms with E-state index in [0.717, 1.165) is 54.7 Å². The Balaban J connectivity index is 1.70. The van der Waals surface area contributed by atoms with Crippen LogP contribution in [0, 0.1) is 6.92 Å². The first-order valence-electron chi connectivity index (χ1n) is 9.44. The van der Waals surface area contributed by atoms with Crippen molar-refractivity contribution in [2.24, 2.45) is 0 Å². The monoisotopic (exact) mass is 402 g/mol. The van der Waals surface area contributed by atoms with E-state index >= 15 is 0 Å². The SMILES string of the molecule is COCc1cc(C)nc2sc3c(c12)N[C@@H](c1ccco1)n1c-3nc2ccccc21. The molecule has 5 aromatic rings. The molecule has 0 radical (unpaired) electrons. The molecule has 0 saturated carbocycles. The van der Waals surface area contributed by atoms with Crippen LogP contribution in [-0.4, -0.2) is 21.6 Å². The van der Waals surface area contributed by atoms with Crippen LogP contribution in [0.1, 0.15) is 23.2 Å². The fraction of sp³-hybridized carbons (Fsp3) is 0.182. The number of hydrogen-bond donors (Lipinski definition) is 1. The number of imidazole rings is 1. The maximum atomic E-state index is 5.80. The average Bonchev–Trinajstić information content (AvgIpc) is 3.44. The molecule has 29 heavy (non-hydrogen) atoms. The largest absolute Gasteiger partial charge is 0.465 e. The third kappa shape index (κ3) is 2.38. The quantitative estimate of drug-likeness (QED) is 0.442. The summed E-state index contributed by atoms with van der Waals surface area (Å²) in [6.45, 7) is 2.55. The second-order valence-corrected chi connectivity index (χ2v) is 8.20. The fourth-order valence-corrected chi connectivity index (χ4v) is 5.41. The second-order valence-electron chi connectivity index (χ2n) is 7.20. The Hall–Kier alpha value is -3.16. The highest BCUT2D eigenvalue weighted by molar-refractivity contribution is 7.22. The van der Waals surface area contributed by atoms with Gasteiger partial charge in [0.25, 0.3) is 0 Å². The van der Waals surface area contributed by atoms with Crippen molar-refractivity contribution in [2.75, 3.05) is 12.4 Å². The summed E-state index contributed by atoms with van der Waals surface area (Å²) in [6.07, 6.45) is 1.52. The van der Waals surface area contributed by atoms with Gasteiger partial charge in [0.1, 0.15) is 10.6 Å². The summed E-state index contributed by atoms with van der Waals surface area (Å²) in [7, 11) is 1.72. The minimum absolute atomic E-state index is 0.186. The number of ether oxygens (including phenoxy) is 1. The lowest BCUT2D eigenvalue weighted by molar-refractivity contribution is 0.186. The lowest BCUT2D eigenvalue weighted by Gasteiger charge is -2.27. The predicted octanol–water partition coefficient (Wildman–Crippen LogP) is 5.33. The summed E-state index contributed by atoms with van der Waals surface area (Å²) < 4.78 is 13.5. The molecule has 0 bridgehead atoms. The number of aryl methyl sites for hydroxylation is 1. The molecule has 1 aliphatic rings. The highest BCUT2D eigenvalue weighted by Crippen LogP contribution is 2.49. The van der Waals surface area contributed by atoms with Gasteiger partial charge in [-0.25, -0.2) is 9.97 Å². The topological polar surface area (TPSA) is 65.1 Å². The average molecular weight is 402 g/mol. The van der Waals surface area contributed by atoms with Crippen LogP contribution in [0.3, 0.4) is 0 Å². The minimum atomic E-state index is -0.186. The van der Waals surface area contributed by atoms with E-state index in [-0.39, 0.29) is 6.17 Å². The highest BCUT2D eigenvalue weighted by atomic mass is 32.1. The maximum absolute atomic E-state index is 5.80. The van der Waals surface area contributed by atoms with Crippen LogP contribution in [0.4, 0.5) is 5.69 Å². The number of fused-ring (bicyclic) bond motifs is 7. The van der Waals surface area contributed by atoms with Crippen LogP contribution in [0.25, 0.3) is 32.0 Å². The van der Waals surface area contributed by atoms with Crippen LogP contribution in [0.15, 0.2) is 53.1 Å². The van der Waals surface area contributed by atoms with Crippen molar-refractivity contribution in [2.45, 2.75) is 19.7 Å². The van der Waals surface area contributed by atoms with Gasteiger partial charge in [-0.15, -0.1) is 11.3 Å². The Bertz CT molecular complexity index is 1370. The first-order chi connectivity index (χ1) is 14.2. The molecule has 6 rings (SSSR count). The van der Waals surface area contributed by atoms with Crippen LogP contribution in [0.2, 0.25) is 0 Å². The molecule has 5 heterocycles. The van der Waals surface area contributed by atoms with Crippen LogP contribution in [-0.2, 0) is 11.3 Å². The van der Waals surface area contributed by atoms with Crippen molar-refractivity contribution in [3.63, 3.8) is 0 Å². The van der Waals surface area contributed by atoms with E-state index in [1.165, 1.54) is 0 Å². The Kier molecular flexibility index (Phi) is 3.57. The Morgan fingerprint density at radius 3 is 2.93 bits per heavy atom. The zero-order chi connectivity index (χ0) is 19.5. The molecule has 0 unspecified atom stereocenters.